The zero-order chi connectivity index (χ0) is 22.5. The molecule has 1 atom stereocenters. The van der Waals surface area contributed by atoms with E-state index in [2.05, 4.69) is 29.8 Å². The maximum Gasteiger partial charge on any atom is 0.295 e. The number of halogens is 1. The zero-order valence-corrected chi connectivity index (χ0v) is 19.6. The molecule has 164 valence electrons. The van der Waals surface area contributed by atoms with Gasteiger partial charge < -0.3 is 19.6 Å². The average molecular weight is 487 g/mol. The number of benzene rings is 2. The number of rotatable bonds is 8. The lowest BCUT2D eigenvalue weighted by molar-refractivity contribution is -0.895. The lowest BCUT2D eigenvalue weighted by Gasteiger charge is -2.28. The number of carbonyl (C=O) groups excluding carboxylic acids is 2. The van der Waals surface area contributed by atoms with Crippen molar-refractivity contribution in [3.63, 3.8) is 0 Å². The summed E-state index contributed by atoms with van der Waals surface area (Å²) in [6.07, 6.45) is 0. The molecule has 1 fully saturated rings. The van der Waals surface area contributed by atoms with Crippen molar-refractivity contribution in [2.24, 2.45) is 0 Å². The number of hydrogen-bond acceptors (Lipinski definition) is 4. The molecule has 0 aromatic heterocycles. The van der Waals surface area contributed by atoms with Crippen LogP contribution in [0.5, 0.6) is 5.75 Å². The van der Waals surface area contributed by atoms with Crippen molar-refractivity contribution in [2.45, 2.75) is 19.9 Å². The van der Waals surface area contributed by atoms with Crippen molar-refractivity contribution in [2.75, 3.05) is 33.3 Å². The van der Waals surface area contributed by atoms with Gasteiger partial charge >= 0.3 is 0 Å². The number of ketones is 1. The first-order chi connectivity index (χ1) is 14.9. The highest BCUT2D eigenvalue weighted by Crippen LogP contribution is 2.38. The Hall–Kier alpha value is -2.64. The monoisotopic (exact) mass is 486 g/mol. The highest BCUT2D eigenvalue weighted by atomic mass is 79.9. The fourth-order valence-corrected chi connectivity index (χ4v) is 4.14. The Morgan fingerprint density at radius 2 is 1.68 bits per heavy atom. The van der Waals surface area contributed by atoms with Crippen LogP contribution < -0.4 is 14.7 Å². The predicted octanol–water partition coefficient (Wildman–Crippen LogP) is 1.61. The van der Waals surface area contributed by atoms with Crippen LogP contribution in [0, 0.1) is 0 Å². The Labute approximate surface area is 191 Å². The molecule has 1 heterocycles. The molecule has 1 aliphatic rings. The summed E-state index contributed by atoms with van der Waals surface area (Å²) >= 11 is 3.42. The molecule has 0 bridgehead atoms. The number of amides is 1. The van der Waals surface area contributed by atoms with Crippen molar-refractivity contribution in [3.05, 3.63) is 69.7 Å². The number of likely N-dealkylation sites (N-methyl/N-ethyl adjacent to an activating group) is 1. The van der Waals surface area contributed by atoms with Gasteiger partial charge in [-0.15, -0.1) is 0 Å². The van der Waals surface area contributed by atoms with Crippen LogP contribution >= 0.6 is 15.9 Å². The van der Waals surface area contributed by atoms with Crippen LogP contribution in [0.25, 0.3) is 5.76 Å². The van der Waals surface area contributed by atoms with Crippen LogP contribution in [-0.4, -0.2) is 49.9 Å². The van der Waals surface area contributed by atoms with E-state index < -0.39 is 23.5 Å². The Balaban J connectivity index is 2.07. The van der Waals surface area contributed by atoms with Crippen molar-refractivity contribution >= 4 is 33.4 Å². The van der Waals surface area contributed by atoms with Crippen LogP contribution in [0.3, 0.4) is 0 Å². The predicted molar refractivity (Wildman–Crippen MR) is 120 cm³/mol. The number of Topliss-reactive ketones (excluding diaryl/α,β-unsaturated/α-hetero) is 1. The first kappa shape index (κ1) is 23.0. The van der Waals surface area contributed by atoms with Crippen LogP contribution in [0.4, 0.5) is 0 Å². The van der Waals surface area contributed by atoms with E-state index in [0.29, 0.717) is 24.4 Å². The molecule has 0 spiro atoms. The molecule has 1 aliphatic heterocycles. The maximum absolute atomic E-state index is 13.4. The fourth-order valence-electron chi connectivity index (χ4n) is 3.87. The summed E-state index contributed by atoms with van der Waals surface area (Å²) in [5, 5.41) is 13.4. The summed E-state index contributed by atoms with van der Waals surface area (Å²) in [5.74, 6) is -1.14. The van der Waals surface area contributed by atoms with Gasteiger partial charge in [0, 0.05) is 10.0 Å². The van der Waals surface area contributed by atoms with Gasteiger partial charge in [0.1, 0.15) is 5.75 Å². The molecule has 0 aliphatic carbocycles. The Morgan fingerprint density at radius 1 is 1.06 bits per heavy atom. The molecule has 0 saturated carbocycles. The van der Waals surface area contributed by atoms with Gasteiger partial charge in [-0.05, 0) is 49.2 Å². The number of ether oxygens (including phenoxy) is 1. The molecule has 3 rings (SSSR count). The first-order valence-corrected chi connectivity index (χ1v) is 11.2. The molecular formula is C24H27BrN2O4. The number of nitrogens with zero attached hydrogens (tertiary/aromatic N) is 1. The third kappa shape index (κ3) is 4.83. The van der Waals surface area contributed by atoms with Crippen molar-refractivity contribution < 1.29 is 24.3 Å². The van der Waals surface area contributed by atoms with E-state index in [9.17, 15) is 14.7 Å². The number of nitrogens with one attached hydrogen (secondary N) is 1. The van der Waals surface area contributed by atoms with Crippen molar-refractivity contribution in [1.82, 2.24) is 4.90 Å². The number of methoxy groups -OCH3 is 1. The van der Waals surface area contributed by atoms with Gasteiger partial charge in [-0.2, -0.15) is 0 Å². The lowest BCUT2D eigenvalue weighted by atomic mass is 9.95. The van der Waals surface area contributed by atoms with Crippen molar-refractivity contribution in [1.29, 1.82) is 0 Å². The molecule has 1 N–H and O–H groups in total. The highest BCUT2D eigenvalue weighted by Gasteiger charge is 2.44. The van der Waals surface area contributed by atoms with Gasteiger partial charge in [0.25, 0.3) is 5.91 Å². The molecule has 1 amide bonds. The second-order valence-corrected chi connectivity index (χ2v) is 8.38. The lowest BCUT2D eigenvalue weighted by Crippen LogP contribution is -3.12. The summed E-state index contributed by atoms with van der Waals surface area (Å²) in [5.41, 5.74) is 1.11. The second kappa shape index (κ2) is 10.1. The Kier molecular flexibility index (Phi) is 7.51. The maximum atomic E-state index is 13.4. The molecule has 1 unspecified atom stereocenters. The number of quaternary nitrogens is 1. The summed E-state index contributed by atoms with van der Waals surface area (Å²) < 4.78 is 6.04. The van der Waals surface area contributed by atoms with Gasteiger partial charge in [0.05, 0.1) is 39.3 Å². The summed E-state index contributed by atoms with van der Waals surface area (Å²) in [7, 11) is 1.55. The van der Waals surface area contributed by atoms with E-state index in [1.54, 1.807) is 36.3 Å². The number of likely N-dealkylation sites (tertiary alicyclic amines) is 1. The smallest absolute Gasteiger partial charge is 0.295 e. The summed E-state index contributed by atoms with van der Waals surface area (Å²) in [4.78, 5) is 28.8. The second-order valence-electron chi connectivity index (χ2n) is 7.46. The summed E-state index contributed by atoms with van der Waals surface area (Å²) in [6, 6.07) is 13.3. The van der Waals surface area contributed by atoms with Gasteiger partial charge in [-0.25, -0.2) is 0 Å². The van der Waals surface area contributed by atoms with Gasteiger partial charge in [0.2, 0.25) is 5.78 Å². The largest absolute Gasteiger partial charge is 0.872 e. The highest BCUT2D eigenvalue weighted by molar-refractivity contribution is 9.10. The third-order valence-corrected chi connectivity index (χ3v) is 6.30. The van der Waals surface area contributed by atoms with Crippen LogP contribution in [0.1, 0.15) is 31.0 Å². The Bertz CT molecular complexity index is 966. The molecule has 6 nitrogen and oxygen atoms in total. The minimum Gasteiger partial charge on any atom is -0.872 e. The molecular weight excluding hydrogens is 460 g/mol. The summed E-state index contributed by atoms with van der Waals surface area (Å²) in [6.45, 7) is 7.15. The van der Waals surface area contributed by atoms with E-state index >= 15 is 0 Å². The number of carbonyl (C=O) groups is 2. The Morgan fingerprint density at radius 3 is 2.23 bits per heavy atom. The molecule has 2 aromatic carbocycles. The van der Waals surface area contributed by atoms with Gasteiger partial charge in [0.15, 0.2) is 0 Å². The SMILES string of the molecule is CC[NH+](CC)CCN1C(=O)C(=O)/C(=C(/[O-])c2ccc(OC)cc2)C1c1ccc(Br)cc1. The van der Waals surface area contributed by atoms with Gasteiger partial charge in [-0.3, -0.25) is 9.59 Å². The van der Waals surface area contributed by atoms with E-state index in [4.69, 9.17) is 4.74 Å². The van der Waals surface area contributed by atoms with Gasteiger partial charge in [-0.1, -0.05) is 46.0 Å². The molecule has 2 aromatic rings. The fraction of sp³-hybridized carbons (Fsp3) is 0.333. The molecule has 7 heteroatoms. The molecule has 0 radical (unpaired) electrons. The molecule has 31 heavy (non-hydrogen) atoms. The first-order valence-electron chi connectivity index (χ1n) is 10.4. The quantitative estimate of drug-likeness (QED) is 0.349. The van der Waals surface area contributed by atoms with E-state index in [0.717, 1.165) is 23.1 Å². The number of hydrogen-bond donors (Lipinski definition) is 1. The molecule has 1 saturated heterocycles. The van der Waals surface area contributed by atoms with Crippen LogP contribution in [0.15, 0.2) is 58.6 Å². The zero-order valence-electron chi connectivity index (χ0n) is 18.0. The van der Waals surface area contributed by atoms with Crippen LogP contribution in [-0.2, 0) is 9.59 Å². The van der Waals surface area contributed by atoms with E-state index in [1.807, 2.05) is 24.3 Å². The van der Waals surface area contributed by atoms with Crippen molar-refractivity contribution in [3.8, 4) is 5.75 Å². The minimum atomic E-state index is -0.719. The third-order valence-electron chi connectivity index (χ3n) is 5.77. The normalized spacial score (nSPS) is 18.1. The average Bonchev–Trinajstić information content (AvgIpc) is 3.05. The minimum absolute atomic E-state index is 0.00652. The van der Waals surface area contributed by atoms with E-state index in [1.165, 1.54) is 4.90 Å². The van der Waals surface area contributed by atoms with Crippen LogP contribution in [0.2, 0.25) is 0 Å². The topological polar surface area (TPSA) is 74.1 Å². The van der Waals surface area contributed by atoms with E-state index in [-0.39, 0.29) is 5.57 Å². The standard InChI is InChI=1S/C24H27BrN2O4/c1-4-26(5-2)14-15-27-21(16-6-10-18(25)11-7-16)20(23(29)24(27)30)22(28)17-8-12-19(31-3)13-9-17/h6-13,21,28H,4-5,14-15H2,1-3H3/b22-20+.